The monoisotopic (exact) mass is 368 g/mol. The third-order valence-corrected chi connectivity index (χ3v) is 5.32. The Morgan fingerprint density at radius 1 is 1.27 bits per heavy atom. The maximum Gasteiger partial charge on any atom is 0.203 e. The SMILES string of the molecule is OC(CC1c2ccccc2-c2cnc(Cl)n21)c1cc2ccoc2cc1F. The van der Waals surface area contributed by atoms with Gasteiger partial charge in [0.1, 0.15) is 11.4 Å². The Morgan fingerprint density at radius 3 is 3.00 bits per heavy atom. The van der Waals surface area contributed by atoms with E-state index in [0.717, 1.165) is 22.2 Å². The van der Waals surface area contributed by atoms with Crippen LogP contribution in [-0.2, 0) is 0 Å². The van der Waals surface area contributed by atoms with E-state index in [2.05, 4.69) is 4.98 Å². The van der Waals surface area contributed by atoms with Gasteiger partial charge in [0.05, 0.1) is 30.3 Å². The summed E-state index contributed by atoms with van der Waals surface area (Å²) in [5.74, 6) is -0.483. The largest absolute Gasteiger partial charge is 0.464 e. The molecule has 0 bridgehead atoms. The van der Waals surface area contributed by atoms with Crippen LogP contribution in [0.5, 0.6) is 0 Å². The van der Waals surface area contributed by atoms with Crippen molar-refractivity contribution in [2.24, 2.45) is 0 Å². The van der Waals surface area contributed by atoms with E-state index >= 15 is 0 Å². The average Bonchev–Trinajstić information content (AvgIpc) is 3.31. The fraction of sp³-hybridized carbons (Fsp3) is 0.150. The molecule has 6 heteroatoms. The molecule has 0 saturated carbocycles. The number of hydrogen-bond donors (Lipinski definition) is 1. The number of aliphatic hydroxyl groups excluding tert-OH is 1. The zero-order chi connectivity index (χ0) is 17.8. The fourth-order valence-electron chi connectivity index (χ4n) is 3.82. The van der Waals surface area contributed by atoms with Crippen LogP contribution in [0.25, 0.3) is 22.2 Å². The number of hydrogen-bond acceptors (Lipinski definition) is 3. The molecular formula is C20H14ClFN2O2. The molecule has 2 aromatic heterocycles. The number of aliphatic hydroxyl groups is 1. The number of nitrogens with zero attached hydrogens (tertiary/aromatic N) is 2. The highest BCUT2D eigenvalue weighted by molar-refractivity contribution is 6.28. The fourth-order valence-corrected chi connectivity index (χ4v) is 4.08. The molecule has 0 radical (unpaired) electrons. The Hall–Kier alpha value is -2.63. The molecule has 4 aromatic rings. The Kier molecular flexibility index (Phi) is 3.42. The van der Waals surface area contributed by atoms with Gasteiger partial charge in [-0.1, -0.05) is 24.3 Å². The minimum atomic E-state index is -0.989. The van der Waals surface area contributed by atoms with Gasteiger partial charge in [-0.25, -0.2) is 9.37 Å². The van der Waals surface area contributed by atoms with Gasteiger partial charge in [0.15, 0.2) is 0 Å². The first-order valence-electron chi connectivity index (χ1n) is 8.30. The van der Waals surface area contributed by atoms with Crippen molar-refractivity contribution in [3.8, 4) is 11.3 Å². The molecule has 1 aliphatic rings. The second-order valence-electron chi connectivity index (χ2n) is 6.47. The molecule has 3 heterocycles. The zero-order valence-corrected chi connectivity index (χ0v) is 14.3. The zero-order valence-electron chi connectivity index (χ0n) is 13.6. The second kappa shape index (κ2) is 5.69. The molecule has 2 aromatic carbocycles. The summed E-state index contributed by atoms with van der Waals surface area (Å²) in [4.78, 5) is 4.18. The molecule has 0 fully saturated rings. The Labute approximate surface area is 153 Å². The van der Waals surface area contributed by atoms with Crippen molar-refractivity contribution in [1.29, 1.82) is 0 Å². The summed E-state index contributed by atoms with van der Waals surface area (Å²) >= 11 is 6.28. The Balaban J connectivity index is 1.56. The van der Waals surface area contributed by atoms with Crippen LogP contribution in [0.1, 0.15) is 29.7 Å². The first-order valence-corrected chi connectivity index (χ1v) is 8.68. The molecule has 1 N–H and O–H groups in total. The average molecular weight is 369 g/mol. The molecule has 0 saturated heterocycles. The van der Waals surface area contributed by atoms with E-state index in [0.29, 0.717) is 17.3 Å². The van der Waals surface area contributed by atoms with E-state index in [1.807, 2.05) is 28.8 Å². The summed E-state index contributed by atoms with van der Waals surface area (Å²) in [5.41, 5.74) is 3.71. The number of imidazole rings is 1. The van der Waals surface area contributed by atoms with Crippen molar-refractivity contribution >= 4 is 22.6 Å². The molecule has 0 amide bonds. The molecule has 2 atom stereocenters. The number of furan rings is 1. The van der Waals surface area contributed by atoms with Crippen LogP contribution < -0.4 is 0 Å². The molecule has 1 aliphatic heterocycles. The summed E-state index contributed by atoms with van der Waals surface area (Å²) in [6.45, 7) is 0. The predicted octanol–water partition coefficient (Wildman–Crippen LogP) is 5.12. The van der Waals surface area contributed by atoms with E-state index in [4.69, 9.17) is 16.0 Å². The van der Waals surface area contributed by atoms with E-state index in [1.54, 1.807) is 18.3 Å². The van der Waals surface area contributed by atoms with Crippen molar-refractivity contribution in [3.63, 3.8) is 0 Å². The van der Waals surface area contributed by atoms with Gasteiger partial charge >= 0.3 is 0 Å². The third-order valence-electron chi connectivity index (χ3n) is 5.04. The van der Waals surface area contributed by atoms with Crippen LogP contribution in [0.4, 0.5) is 4.39 Å². The molecule has 0 spiro atoms. The van der Waals surface area contributed by atoms with E-state index < -0.39 is 11.9 Å². The van der Waals surface area contributed by atoms with Crippen molar-refractivity contribution in [3.05, 3.63) is 77.2 Å². The van der Waals surface area contributed by atoms with Gasteiger partial charge in [0, 0.05) is 29.0 Å². The van der Waals surface area contributed by atoms with E-state index in [1.165, 1.54) is 12.3 Å². The van der Waals surface area contributed by atoms with Gasteiger partial charge in [0.2, 0.25) is 5.28 Å². The number of fused-ring (bicyclic) bond motifs is 4. The maximum atomic E-state index is 14.5. The predicted molar refractivity (Wildman–Crippen MR) is 96.6 cm³/mol. The van der Waals surface area contributed by atoms with Gasteiger partial charge < -0.3 is 14.1 Å². The highest BCUT2D eigenvalue weighted by Gasteiger charge is 2.32. The van der Waals surface area contributed by atoms with Crippen molar-refractivity contribution in [1.82, 2.24) is 9.55 Å². The van der Waals surface area contributed by atoms with Crippen LogP contribution >= 0.6 is 11.6 Å². The summed E-state index contributed by atoms with van der Waals surface area (Å²) in [5, 5.41) is 11.9. The first kappa shape index (κ1) is 15.6. The van der Waals surface area contributed by atoms with Crippen molar-refractivity contribution in [2.75, 3.05) is 0 Å². The van der Waals surface area contributed by atoms with Crippen LogP contribution in [0.2, 0.25) is 5.28 Å². The lowest BCUT2D eigenvalue weighted by Crippen LogP contribution is -2.12. The lowest BCUT2D eigenvalue weighted by Gasteiger charge is -2.20. The lowest BCUT2D eigenvalue weighted by molar-refractivity contribution is 0.149. The van der Waals surface area contributed by atoms with Crippen molar-refractivity contribution in [2.45, 2.75) is 18.6 Å². The van der Waals surface area contributed by atoms with Crippen LogP contribution in [0, 0.1) is 5.82 Å². The summed E-state index contributed by atoms with van der Waals surface area (Å²) in [6.07, 6.45) is 2.54. The smallest absolute Gasteiger partial charge is 0.203 e. The lowest BCUT2D eigenvalue weighted by atomic mass is 9.95. The summed E-state index contributed by atoms with van der Waals surface area (Å²) in [7, 11) is 0. The quantitative estimate of drug-likeness (QED) is 0.546. The number of rotatable bonds is 3. The number of aromatic nitrogens is 2. The first-order chi connectivity index (χ1) is 12.6. The minimum Gasteiger partial charge on any atom is -0.464 e. The topological polar surface area (TPSA) is 51.2 Å². The molecule has 0 aliphatic carbocycles. The Bertz CT molecular complexity index is 1130. The van der Waals surface area contributed by atoms with Gasteiger partial charge in [-0.2, -0.15) is 0 Å². The van der Waals surface area contributed by atoms with Crippen molar-refractivity contribution < 1.29 is 13.9 Å². The van der Waals surface area contributed by atoms with Gasteiger partial charge in [-0.15, -0.1) is 0 Å². The normalized spacial score (nSPS) is 16.7. The third kappa shape index (κ3) is 2.21. The molecule has 4 nitrogen and oxygen atoms in total. The molecule has 5 rings (SSSR count). The standard InChI is InChI=1S/C20H14ClFN2O2/c21-20-23-10-17-13-4-2-1-3-12(13)16(24(17)20)9-18(25)14-7-11-5-6-26-19(11)8-15(14)22/h1-8,10,16,18,25H,9H2. The second-order valence-corrected chi connectivity index (χ2v) is 6.81. The summed E-state index contributed by atoms with van der Waals surface area (Å²) < 4.78 is 21.6. The van der Waals surface area contributed by atoms with Gasteiger partial charge in [-0.3, -0.25) is 0 Å². The molecular weight excluding hydrogens is 355 g/mol. The van der Waals surface area contributed by atoms with Gasteiger partial charge in [0.25, 0.3) is 0 Å². The van der Waals surface area contributed by atoms with Crippen LogP contribution in [0.15, 0.2) is 59.3 Å². The minimum absolute atomic E-state index is 0.203. The maximum absolute atomic E-state index is 14.5. The number of halogens is 2. The number of benzene rings is 2. The molecule has 130 valence electrons. The van der Waals surface area contributed by atoms with Crippen LogP contribution in [0.3, 0.4) is 0 Å². The van der Waals surface area contributed by atoms with E-state index in [9.17, 15) is 9.50 Å². The van der Waals surface area contributed by atoms with Crippen LogP contribution in [-0.4, -0.2) is 14.7 Å². The molecule has 26 heavy (non-hydrogen) atoms. The van der Waals surface area contributed by atoms with E-state index in [-0.39, 0.29) is 11.6 Å². The summed E-state index contributed by atoms with van der Waals surface area (Å²) in [6, 6.07) is 12.4. The molecule has 2 unspecified atom stereocenters. The Morgan fingerprint density at radius 2 is 2.12 bits per heavy atom. The van der Waals surface area contributed by atoms with Gasteiger partial charge in [-0.05, 0) is 29.3 Å². The highest BCUT2D eigenvalue weighted by atomic mass is 35.5. The highest BCUT2D eigenvalue weighted by Crippen LogP contribution is 2.45.